The lowest BCUT2D eigenvalue weighted by Crippen LogP contribution is -2.21. The molecule has 0 aromatic rings. The fourth-order valence-electron chi connectivity index (χ4n) is 2.58. The number of aliphatic hydroxyl groups excluding tert-OH is 2. The molecule has 29 heavy (non-hydrogen) atoms. The third-order valence-electron chi connectivity index (χ3n) is 4.36. The van der Waals surface area contributed by atoms with E-state index in [0.717, 1.165) is 44.9 Å². The molecule has 0 bridgehead atoms. The molecule has 0 rings (SSSR count). The van der Waals surface area contributed by atoms with Gasteiger partial charge in [0.15, 0.2) is 0 Å². The van der Waals surface area contributed by atoms with E-state index in [1.54, 1.807) is 0 Å². The number of allylic oxidation sites excluding steroid dienone is 8. The number of carbonyl (C=O) groups excluding carboxylic acids is 1. The molecule has 0 saturated carbocycles. The van der Waals surface area contributed by atoms with E-state index in [-0.39, 0.29) is 19.2 Å². The molecule has 0 aliphatic carbocycles. The van der Waals surface area contributed by atoms with E-state index >= 15 is 0 Å². The highest BCUT2D eigenvalue weighted by atomic mass is 16.5. The van der Waals surface area contributed by atoms with Gasteiger partial charge in [-0.25, -0.2) is 0 Å². The Morgan fingerprint density at radius 3 is 1.83 bits per heavy atom. The highest BCUT2D eigenvalue weighted by Crippen LogP contribution is 2.06. The lowest BCUT2D eigenvalue weighted by atomic mass is 10.1. The Morgan fingerprint density at radius 2 is 1.31 bits per heavy atom. The van der Waals surface area contributed by atoms with Crippen LogP contribution in [0, 0.1) is 0 Å². The van der Waals surface area contributed by atoms with Crippen LogP contribution in [-0.4, -0.2) is 35.5 Å². The minimum Gasteiger partial charge on any atom is -0.463 e. The summed E-state index contributed by atoms with van der Waals surface area (Å²) in [6.45, 7) is 1.72. The summed E-state index contributed by atoms with van der Waals surface area (Å²) in [5, 5.41) is 17.7. The van der Waals surface area contributed by atoms with Crippen molar-refractivity contribution in [3.05, 3.63) is 48.6 Å². The topological polar surface area (TPSA) is 66.8 Å². The van der Waals surface area contributed by atoms with Crippen LogP contribution in [0.25, 0.3) is 0 Å². The molecule has 0 fully saturated rings. The zero-order valence-corrected chi connectivity index (χ0v) is 18.3. The van der Waals surface area contributed by atoms with Gasteiger partial charge in [-0.3, -0.25) is 4.79 Å². The highest BCUT2D eigenvalue weighted by molar-refractivity contribution is 5.69. The Hall–Kier alpha value is -1.65. The zero-order valence-electron chi connectivity index (χ0n) is 18.3. The van der Waals surface area contributed by atoms with Gasteiger partial charge in [-0.1, -0.05) is 74.8 Å². The SMILES string of the molecule is CCCCC/C=C\C/C=C\C/C=C\C/C=C\CCCCCC(=O)OC[C@@H](O)CO. The number of hydrogen-bond donors (Lipinski definition) is 2. The minimum absolute atomic E-state index is 0.127. The summed E-state index contributed by atoms with van der Waals surface area (Å²) in [6.07, 6.45) is 29.1. The Balaban J connectivity index is 3.44. The van der Waals surface area contributed by atoms with Gasteiger partial charge in [-0.05, 0) is 51.4 Å². The maximum Gasteiger partial charge on any atom is 0.305 e. The molecule has 0 aliphatic rings. The summed E-state index contributed by atoms with van der Waals surface area (Å²) in [6, 6.07) is 0. The first-order valence-corrected chi connectivity index (χ1v) is 11.2. The summed E-state index contributed by atoms with van der Waals surface area (Å²) in [7, 11) is 0. The van der Waals surface area contributed by atoms with Crippen molar-refractivity contribution in [3.8, 4) is 0 Å². The lowest BCUT2D eigenvalue weighted by Gasteiger charge is -2.08. The van der Waals surface area contributed by atoms with Crippen molar-refractivity contribution < 1.29 is 19.7 Å². The number of aliphatic hydroxyl groups is 2. The Kier molecular flexibility index (Phi) is 21.3. The van der Waals surface area contributed by atoms with E-state index in [2.05, 4.69) is 55.5 Å². The summed E-state index contributed by atoms with van der Waals surface area (Å²) < 4.78 is 4.85. The minimum atomic E-state index is -0.976. The molecular formula is C25H42O4. The summed E-state index contributed by atoms with van der Waals surface area (Å²) in [4.78, 5) is 11.4. The van der Waals surface area contributed by atoms with E-state index in [9.17, 15) is 4.79 Å². The van der Waals surface area contributed by atoms with Gasteiger partial charge in [0.05, 0.1) is 6.61 Å². The predicted octanol–water partition coefficient (Wildman–Crippen LogP) is 5.81. The van der Waals surface area contributed by atoms with Gasteiger partial charge in [0.25, 0.3) is 0 Å². The maximum atomic E-state index is 11.4. The van der Waals surface area contributed by atoms with Crippen molar-refractivity contribution in [2.24, 2.45) is 0 Å². The smallest absolute Gasteiger partial charge is 0.305 e. The lowest BCUT2D eigenvalue weighted by molar-refractivity contribution is -0.147. The van der Waals surface area contributed by atoms with Crippen molar-refractivity contribution in [1.82, 2.24) is 0 Å². The first kappa shape index (κ1) is 27.4. The second-order valence-corrected chi connectivity index (χ2v) is 7.21. The van der Waals surface area contributed by atoms with Crippen molar-refractivity contribution in [1.29, 1.82) is 0 Å². The van der Waals surface area contributed by atoms with Crippen LogP contribution in [0.1, 0.15) is 84.0 Å². The molecule has 1 atom stereocenters. The van der Waals surface area contributed by atoms with E-state index in [4.69, 9.17) is 14.9 Å². The molecule has 0 aromatic carbocycles. The van der Waals surface area contributed by atoms with Gasteiger partial charge in [-0.15, -0.1) is 0 Å². The van der Waals surface area contributed by atoms with E-state index in [1.165, 1.54) is 25.7 Å². The third kappa shape index (κ3) is 22.5. The number of ether oxygens (including phenoxy) is 1. The molecule has 2 N–H and O–H groups in total. The summed E-state index contributed by atoms with van der Waals surface area (Å²) in [5.41, 5.74) is 0. The molecular weight excluding hydrogens is 364 g/mol. The number of esters is 1. The normalized spacial score (nSPS) is 13.3. The molecule has 166 valence electrons. The molecule has 0 radical (unpaired) electrons. The number of hydrogen-bond acceptors (Lipinski definition) is 4. The van der Waals surface area contributed by atoms with Gasteiger partial charge < -0.3 is 14.9 Å². The standard InChI is InChI=1S/C25H42O4/c1-2-3-4-5-6-7-8-9-10-11-12-13-14-15-16-17-18-19-20-21-25(28)29-23-24(27)22-26/h6-7,9-10,12-13,15-16,24,26-27H,2-5,8,11,14,17-23H2,1H3/b7-6-,10-9-,13-12-,16-15-/t24-/m0/s1. The van der Waals surface area contributed by atoms with Crippen LogP contribution >= 0.6 is 0 Å². The maximum absolute atomic E-state index is 11.4. The fraction of sp³-hybridized carbons (Fsp3) is 0.640. The van der Waals surface area contributed by atoms with Crippen LogP contribution in [0.2, 0.25) is 0 Å². The number of carbonyl (C=O) groups is 1. The summed E-state index contributed by atoms with van der Waals surface area (Å²) in [5.74, 6) is -0.310. The molecule has 0 aromatic heterocycles. The van der Waals surface area contributed by atoms with Crippen molar-refractivity contribution >= 4 is 5.97 Å². The molecule has 0 heterocycles. The Labute approximate surface area is 178 Å². The first-order valence-electron chi connectivity index (χ1n) is 11.2. The molecule has 0 amide bonds. The molecule has 0 unspecified atom stereocenters. The third-order valence-corrected chi connectivity index (χ3v) is 4.36. The highest BCUT2D eigenvalue weighted by Gasteiger charge is 2.07. The van der Waals surface area contributed by atoms with Crippen molar-refractivity contribution in [2.45, 2.75) is 90.1 Å². The fourth-order valence-corrected chi connectivity index (χ4v) is 2.58. The Bertz CT molecular complexity index is 477. The van der Waals surface area contributed by atoms with Gasteiger partial charge in [0.2, 0.25) is 0 Å². The molecule has 4 heteroatoms. The van der Waals surface area contributed by atoms with Crippen LogP contribution in [0.3, 0.4) is 0 Å². The Morgan fingerprint density at radius 1 is 0.793 bits per heavy atom. The van der Waals surface area contributed by atoms with Crippen LogP contribution in [-0.2, 0) is 9.53 Å². The largest absolute Gasteiger partial charge is 0.463 e. The average Bonchev–Trinajstić information content (AvgIpc) is 2.73. The van der Waals surface area contributed by atoms with E-state index in [0.29, 0.717) is 6.42 Å². The van der Waals surface area contributed by atoms with Gasteiger partial charge in [0, 0.05) is 6.42 Å². The predicted molar refractivity (Wildman–Crippen MR) is 122 cm³/mol. The van der Waals surface area contributed by atoms with Gasteiger partial charge in [0.1, 0.15) is 12.7 Å². The molecule has 4 nitrogen and oxygen atoms in total. The van der Waals surface area contributed by atoms with Crippen LogP contribution in [0.15, 0.2) is 48.6 Å². The first-order chi connectivity index (χ1) is 14.2. The average molecular weight is 407 g/mol. The molecule has 0 aliphatic heterocycles. The van der Waals surface area contributed by atoms with Crippen molar-refractivity contribution in [3.63, 3.8) is 0 Å². The van der Waals surface area contributed by atoms with Crippen LogP contribution < -0.4 is 0 Å². The van der Waals surface area contributed by atoms with Crippen molar-refractivity contribution in [2.75, 3.05) is 13.2 Å². The molecule has 0 saturated heterocycles. The van der Waals surface area contributed by atoms with Crippen LogP contribution in [0.4, 0.5) is 0 Å². The number of unbranched alkanes of at least 4 members (excludes halogenated alkanes) is 6. The second-order valence-electron chi connectivity index (χ2n) is 7.21. The quantitative estimate of drug-likeness (QED) is 0.161. The number of rotatable bonds is 19. The van der Waals surface area contributed by atoms with Gasteiger partial charge in [-0.2, -0.15) is 0 Å². The van der Waals surface area contributed by atoms with Gasteiger partial charge >= 0.3 is 5.97 Å². The summed E-state index contributed by atoms with van der Waals surface area (Å²) >= 11 is 0. The van der Waals surface area contributed by atoms with E-state index < -0.39 is 6.10 Å². The van der Waals surface area contributed by atoms with Crippen LogP contribution in [0.5, 0.6) is 0 Å². The molecule has 0 spiro atoms. The zero-order chi connectivity index (χ0) is 21.4. The second kappa shape index (κ2) is 22.6. The monoisotopic (exact) mass is 406 g/mol. The van der Waals surface area contributed by atoms with E-state index in [1.807, 2.05) is 0 Å².